The minimum Gasteiger partial charge on any atom is -0.436 e. The molecule has 3 nitrogen and oxygen atoms in total. The predicted molar refractivity (Wildman–Crippen MR) is 66.0 cm³/mol. The summed E-state index contributed by atoms with van der Waals surface area (Å²) in [5, 5.41) is 8.20. The first kappa shape index (κ1) is 11.4. The van der Waals surface area contributed by atoms with Gasteiger partial charge in [-0.15, -0.1) is 5.10 Å². The molecule has 0 amide bonds. The van der Waals surface area contributed by atoms with Crippen molar-refractivity contribution in [2.45, 2.75) is 6.92 Å². The summed E-state index contributed by atoms with van der Waals surface area (Å²) < 4.78 is 6.43. The highest BCUT2D eigenvalue weighted by molar-refractivity contribution is 9.10. The molecule has 2 rings (SSSR count). The fourth-order valence-electron chi connectivity index (χ4n) is 1.16. The van der Waals surface area contributed by atoms with Gasteiger partial charge in [-0.05, 0) is 30.7 Å². The van der Waals surface area contributed by atoms with E-state index in [0.29, 0.717) is 16.7 Å². The summed E-state index contributed by atoms with van der Waals surface area (Å²) in [6, 6.07) is 7.18. The molecule has 82 valence electrons. The molecule has 0 spiro atoms. The Morgan fingerprint density at radius 3 is 2.88 bits per heavy atom. The molecular weight excluding hydrogens is 291 g/mol. The highest BCUT2D eigenvalue weighted by atomic mass is 79.9. The molecule has 0 N–H and O–H groups in total. The Hall–Kier alpha value is -1.13. The minimum atomic E-state index is 0.431. The lowest BCUT2D eigenvalue weighted by Crippen LogP contribution is -1.91. The van der Waals surface area contributed by atoms with Crippen molar-refractivity contribution in [2.75, 3.05) is 0 Å². The van der Waals surface area contributed by atoms with E-state index < -0.39 is 0 Å². The number of hydrogen-bond donors (Lipinski definition) is 0. The molecule has 0 saturated heterocycles. The topological polar surface area (TPSA) is 35.0 Å². The van der Waals surface area contributed by atoms with Gasteiger partial charge in [0, 0.05) is 10.5 Å². The van der Waals surface area contributed by atoms with E-state index in [4.69, 9.17) is 16.3 Å². The van der Waals surface area contributed by atoms with Crippen LogP contribution >= 0.6 is 27.5 Å². The van der Waals surface area contributed by atoms with Gasteiger partial charge in [0.25, 0.3) is 0 Å². The number of hydrogen-bond acceptors (Lipinski definition) is 3. The lowest BCUT2D eigenvalue weighted by atomic mass is 10.3. The first-order chi connectivity index (χ1) is 7.65. The second-order valence-corrected chi connectivity index (χ2v) is 4.57. The van der Waals surface area contributed by atoms with E-state index in [0.717, 1.165) is 10.0 Å². The zero-order valence-corrected chi connectivity index (χ0v) is 10.8. The molecule has 0 fully saturated rings. The molecule has 0 bridgehead atoms. The molecule has 1 aromatic carbocycles. The Kier molecular flexibility index (Phi) is 3.41. The lowest BCUT2D eigenvalue weighted by Gasteiger charge is -2.06. The van der Waals surface area contributed by atoms with Crippen LogP contribution in [0.25, 0.3) is 0 Å². The van der Waals surface area contributed by atoms with Crippen molar-refractivity contribution in [3.05, 3.63) is 45.5 Å². The standard InChI is InChI=1S/C11H8BrClN2O/c1-7-4-11(15-14-6-7)16-10-5-8(12)2-3-9(10)13/h2-6H,1H3. The van der Waals surface area contributed by atoms with Gasteiger partial charge in [0.1, 0.15) is 5.75 Å². The van der Waals surface area contributed by atoms with Crippen LogP contribution in [0.4, 0.5) is 0 Å². The quantitative estimate of drug-likeness (QED) is 0.841. The molecule has 0 aliphatic carbocycles. The molecule has 5 heteroatoms. The third kappa shape index (κ3) is 2.71. The minimum absolute atomic E-state index is 0.431. The zero-order chi connectivity index (χ0) is 11.5. The van der Waals surface area contributed by atoms with E-state index in [1.807, 2.05) is 13.0 Å². The first-order valence-corrected chi connectivity index (χ1v) is 5.74. The number of halogens is 2. The van der Waals surface area contributed by atoms with Crippen LogP contribution in [0.2, 0.25) is 5.02 Å². The fourth-order valence-corrected chi connectivity index (χ4v) is 1.65. The molecule has 0 atom stereocenters. The number of aryl methyl sites for hydroxylation is 1. The molecule has 0 aliphatic heterocycles. The van der Waals surface area contributed by atoms with Gasteiger partial charge in [-0.3, -0.25) is 0 Å². The van der Waals surface area contributed by atoms with Crippen LogP contribution in [-0.2, 0) is 0 Å². The average molecular weight is 300 g/mol. The maximum atomic E-state index is 5.99. The molecular formula is C11H8BrClN2O. The summed E-state index contributed by atoms with van der Waals surface area (Å²) in [7, 11) is 0. The van der Waals surface area contributed by atoms with E-state index in [-0.39, 0.29) is 0 Å². The number of aromatic nitrogens is 2. The number of rotatable bonds is 2. The van der Waals surface area contributed by atoms with E-state index in [1.54, 1.807) is 24.4 Å². The maximum Gasteiger partial charge on any atom is 0.239 e. The average Bonchev–Trinajstić information content (AvgIpc) is 2.24. The van der Waals surface area contributed by atoms with Gasteiger partial charge in [0.05, 0.1) is 11.2 Å². The summed E-state index contributed by atoms with van der Waals surface area (Å²) in [6.07, 6.45) is 1.66. The number of ether oxygens (including phenoxy) is 1. The normalized spacial score (nSPS) is 10.2. The van der Waals surface area contributed by atoms with Crippen molar-refractivity contribution in [2.24, 2.45) is 0 Å². The highest BCUT2D eigenvalue weighted by Gasteiger charge is 2.05. The van der Waals surface area contributed by atoms with Crippen LogP contribution in [-0.4, -0.2) is 10.2 Å². The van der Waals surface area contributed by atoms with Crippen LogP contribution < -0.4 is 4.74 Å². The summed E-state index contributed by atoms with van der Waals surface area (Å²) in [5.74, 6) is 0.982. The fraction of sp³-hybridized carbons (Fsp3) is 0.0909. The van der Waals surface area contributed by atoms with E-state index >= 15 is 0 Å². The van der Waals surface area contributed by atoms with Crippen LogP contribution in [0.1, 0.15) is 5.56 Å². The van der Waals surface area contributed by atoms with Gasteiger partial charge in [-0.25, -0.2) is 0 Å². The molecule has 0 saturated carbocycles. The Labute approximate surface area is 107 Å². The van der Waals surface area contributed by atoms with Gasteiger partial charge in [0.2, 0.25) is 5.88 Å². The van der Waals surface area contributed by atoms with Crippen LogP contribution in [0.15, 0.2) is 34.9 Å². The Morgan fingerprint density at radius 1 is 1.31 bits per heavy atom. The molecule has 0 unspecified atom stereocenters. The zero-order valence-electron chi connectivity index (χ0n) is 8.45. The Bertz CT molecular complexity index is 519. The first-order valence-electron chi connectivity index (χ1n) is 4.57. The van der Waals surface area contributed by atoms with Crippen molar-refractivity contribution < 1.29 is 4.74 Å². The van der Waals surface area contributed by atoms with Crippen molar-refractivity contribution in [3.8, 4) is 11.6 Å². The van der Waals surface area contributed by atoms with Crippen LogP contribution in [0.3, 0.4) is 0 Å². The second-order valence-electron chi connectivity index (χ2n) is 3.25. The SMILES string of the molecule is Cc1cnnc(Oc2cc(Br)ccc2Cl)c1. The van der Waals surface area contributed by atoms with Crippen LogP contribution in [0, 0.1) is 6.92 Å². The van der Waals surface area contributed by atoms with Crippen molar-refractivity contribution in [3.63, 3.8) is 0 Å². The van der Waals surface area contributed by atoms with Crippen molar-refractivity contribution in [1.82, 2.24) is 10.2 Å². The summed E-state index contributed by atoms with van der Waals surface area (Å²) in [4.78, 5) is 0. The third-order valence-electron chi connectivity index (χ3n) is 1.88. The molecule has 0 aliphatic rings. The number of benzene rings is 1. The highest BCUT2D eigenvalue weighted by Crippen LogP contribution is 2.31. The monoisotopic (exact) mass is 298 g/mol. The van der Waals surface area contributed by atoms with E-state index in [1.165, 1.54) is 0 Å². The van der Waals surface area contributed by atoms with Gasteiger partial charge in [0.15, 0.2) is 0 Å². The molecule has 2 aromatic rings. The van der Waals surface area contributed by atoms with Gasteiger partial charge >= 0.3 is 0 Å². The van der Waals surface area contributed by atoms with Crippen LogP contribution in [0.5, 0.6) is 11.6 Å². The van der Waals surface area contributed by atoms with Gasteiger partial charge < -0.3 is 4.74 Å². The molecule has 1 aromatic heterocycles. The smallest absolute Gasteiger partial charge is 0.239 e. The van der Waals surface area contributed by atoms with Crippen molar-refractivity contribution >= 4 is 27.5 Å². The molecule has 1 heterocycles. The second kappa shape index (κ2) is 4.80. The predicted octanol–water partition coefficient (Wildman–Crippen LogP) is 3.99. The van der Waals surface area contributed by atoms with Crippen molar-refractivity contribution in [1.29, 1.82) is 0 Å². The maximum absolute atomic E-state index is 5.99. The van der Waals surface area contributed by atoms with E-state index in [9.17, 15) is 0 Å². The van der Waals surface area contributed by atoms with Gasteiger partial charge in [-0.1, -0.05) is 27.5 Å². The third-order valence-corrected chi connectivity index (χ3v) is 2.68. The van der Waals surface area contributed by atoms with E-state index in [2.05, 4.69) is 26.1 Å². The number of nitrogens with zero attached hydrogens (tertiary/aromatic N) is 2. The lowest BCUT2D eigenvalue weighted by molar-refractivity contribution is 0.454. The summed E-state index contributed by atoms with van der Waals surface area (Å²) >= 11 is 9.34. The molecule has 16 heavy (non-hydrogen) atoms. The summed E-state index contributed by atoms with van der Waals surface area (Å²) in [6.45, 7) is 1.92. The van der Waals surface area contributed by atoms with Gasteiger partial charge in [-0.2, -0.15) is 5.10 Å². The summed E-state index contributed by atoms with van der Waals surface area (Å²) in [5.41, 5.74) is 0.983. The largest absolute Gasteiger partial charge is 0.436 e. The Balaban J connectivity index is 2.30. The Morgan fingerprint density at radius 2 is 2.12 bits per heavy atom. The molecule has 0 radical (unpaired) electrons.